The van der Waals surface area contributed by atoms with Gasteiger partial charge in [0.1, 0.15) is 0 Å². The quantitative estimate of drug-likeness (QED) is 0.173. The summed E-state index contributed by atoms with van der Waals surface area (Å²) < 4.78 is 74.1. The smallest absolute Gasteiger partial charge is 0.0616 e. The molecule has 222 valence electrons. The maximum atomic E-state index is 9.33. The first kappa shape index (κ1) is 20.1. The zero-order chi connectivity index (χ0) is 38.6. The van der Waals surface area contributed by atoms with E-state index in [9.17, 15) is 11.0 Å². The van der Waals surface area contributed by atoms with Crippen molar-refractivity contribution in [2.24, 2.45) is 0 Å². The van der Waals surface area contributed by atoms with Crippen LogP contribution >= 0.6 is 0 Å². The lowest BCUT2D eigenvalue weighted by Crippen LogP contribution is -1.90. The van der Waals surface area contributed by atoms with Crippen molar-refractivity contribution in [3.8, 4) is 44.5 Å². The van der Waals surface area contributed by atoms with Gasteiger partial charge in [-0.1, -0.05) is 170 Å². The fraction of sp³-hybridized carbons (Fsp3) is 0. The lowest BCUT2D eigenvalue weighted by Gasteiger charge is -2.17. The number of hydrogen-bond acceptors (Lipinski definition) is 0. The number of benzene rings is 10. The third-order valence-electron chi connectivity index (χ3n) is 9.51. The van der Waals surface area contributed by atoms with Gasteiger partial charge >= 0.3 is 0 Å². The Kier molecular flexibility index (Phi) is 4.46. The fourth-order valence-corrected chi connectivity index (χ4v) is 7.02. The topological polar surface area (TPSA) is 0 Å². The van der Waals surface area contributed by atoms with Crippen LogP contribution in [0.4, 0.5) is 0 Å². The summed E-state index contributed by atoms with van der Waals surface area (Å²) in [6.07, 6.45) is 0. The third kappa shape index (κ3) is 4.31. The second-order valence-corrected chi connectivity index (χ2v) is 12.3. The van der Waals surface area contributed by atoms with Crippen molar-refractivity contribution in [3.05, 3.63) is 182 Å². The zero-order valence-electron chi connectivity index (χ0n) is 33.7. The van der Waals surface area contributed by atoms with Gasteiger partial charge in [0, 0.05) is 0 Å². The highest BCUT2D eigenvalue weighted by Crippen LogP contribution is 2.43. The molecular formula is C48H30. The predicted octanol–water partition coefficient (Wildman–Crippen LogP) is 13.6. The van der Waals surface area contributed by atoms with Crippen LogP contribution in [-0.2, 0) is 0 Å². The summed E-state index contributed by atoms with van der Waals surface area (Å²) in [7, 11) is 0. The van der Waals surface area contributed by atoms with Crippen LogP contribution in [-0.4, -0.2) is 0 Å². The van der Waals surface area contributed by atoms with Crippen LogP contribution in [0.15, 0.2) is 182 Å². The van der Waals surface area contributed by atoms with Gasteiger partial charge in [-0.3, -0.25) is 0 Å². The molecule has 0 aliphatic rings. The number of hydrogen-bond donors (Lipinski definition) is 0. The van der Waals surface area contributed by atoms with Crippen molar-refractivity contribution in [2.45, 2.75) is 0 Å². The third-order valence-corrected chi connectivity index (χ3v) is 9.51. The van der Waals surface area contributed by atoms with Crippen molar-refractivity contribution in [3.63, 3.8) is 0 Å². The molecule has 0 N–H and O–H groups in total. The van der Waals surface area contributed by atoms with E-state index in [4.69, 9.17) is 0 Å². The molecule has 10 aromatic carbocycles. The lowest BCUT2D eigenvalue weighted by atomic mass is 9.87. The minimum atomic E-state index is -0.288. The summed E-state index contributed by atoms with van der Waals surface area (Å²) >= 11 is 0. The monoisotopic (exact) mass is 614 g/mol. The van der Waals surface area contributed by atoms with Crippen molar-refractivity contribution in [1.82, 2.24) is 0 Å². The average Bonchev–Trinajstić information content (AvgIpc) is 3.23. The van der Waals surface area contributed by atoms with E-state index in [0.717, 1.165) is 43.8 Å². The standard InChI is InChI=1S/C48H30/c1-3-7-39-29-41(19-13-31(39)5-1)33-9-15-35(16-10-33)43-25-21-37-24-28-46-44(26-22-38-23-27-45(43)47(37)48(38)46)36-17-11-34(12-18-36)42-20-14-32-6-2-4-8-40(32)30-42/h1-30H/i21D,22D,23D,24D,25D,26D,27D,28D. The maximum Gasteiger partial charge on any atom is 0.0630 e. The summed E-state index contributed by atoms with van der Waals surface area (Å²) in [5.74, 6) is 0. The van der Waals surface area contributed by atoms with Gasteiger partial charge in [0.2, 0.25) is 0 Å². The molecule has 0 aliphatic carbocycles. The Morgan fingerprint density at radius 1 is 0.271 bits per heavy atom. The molecule has 0 saturated heterocycles. The van der Waals surface area contributed by atoms with Gasteiger partial charge in [-0.15, -0.1) is 0 Å². The highest BCUT2D eigenvalue weighted by Gasteiger charge is 2.15. The minimum Gasteiger partial charge on any atom is -0.0616 e. The first-order valence-corrected chi connectivity index (χ1v) is 16.0. The SMILES string of the molecule is [2H]c1c([2H])c2c([2H])c([2H])c3c(-c4ccc(-c5ccc6ccccc6c5)cc4)c([2H])c([2H])c4c([2H])c([2H])c(c1-c1ccc(-c5ccc6ccccc6c5)cc1)c2c43. The van der Waals surface area contributed by atoms with Gasteiger partial charge in [-0.2, -0.15) is 0 Å². The zero-order valence-corrected chi connectivity index (χ0v) is 25.7. The second-order valence-electron chi connectivity index (χ2n) is 12.3. The molecule has 0 unspecified atom stereocenters. The summed E-state index contributed by atoms with van der Waals surface area (Å²) in [6, 6.07) is 42.0. The Morgan fingerprint density at radius 3 is 1.06 bits per heavy atom. The summed E-state index contributed by atoms with van der Waals surface area (Å²) in [4.78, 5) is 0. The molecular weight excluding hydrogens is 577 g/mol. The Balaban J connectivity index is 1.21. The Bertz CT molecular complexity index is 3040. The summed E-state index contributed by atoms with van der Waals surface area (Å²) in [5, 5.41) is 5.62. The average molecular weight is 615 g/mol. The van der Waals surface area contributed by atoms with Gasteiger partial charge < -0.3 is 0 Å². The van der Waals surface area contributed by atoms with Crippen LogP contribution in [0.2, 0.25) is 0 Å². The summed E-state index contributed by atoms with van der Waals surface area (Å²) in [5.41, 5.74) is 5.66. The second kappa shape index (κ2) is 10.7. The molecule has 0 atom stereocenters. The van der Waals surface area contributed by atoms with Gasteiger partial charge in [-0.25, -0.2) is 0 Å². The van der Waals surface area contributed by atoms with Gasteiger partial charge in [-0.05, 0) is 111 Å². The molecule has 0 amide bonds. The van der Waals surface area contributed by atoms with Crippen molar-refractivity contribution >= 4 is 53.9 Å². The fourth-order valence-electron chi connectivity index (χ4n) is 7.02. The molecule has 48 heavy (non-hydrogen) atoms. The van der Waals surface area contributed by atoms with E-state index in [1.165, 1.54) is 0 Å². The molecule has 0 spiro atoms. The molecule has 0 heteroatoms. The van der Waals surface area contributed by atoms with Crippen molar-refractivity contribution < 1.29 is 11.0 Å². The van der Waals surface area contributed by atoms with Crippen LogP contribution in [0.5, 0.6) is 0 Å². The van der Waals surface area contributed by atoms with Gasteiger partial charge in [0.25, 0.3) is 0 Å². The normalized spacial score (nSPS) is 14.1. The van der Waals surface area contributed by atoms with Crippen LogP contribution in [0, 0.1) is 0 Å². The first-order valence-electron chi connectivity index (χ1n) is 20.0. The largest absolute Gasteiger partial charge is 0.0630 e. The van der Waals surface area contributed by atoms with Crippen LogP contribution in [0.25, 0.3) is 98.4 Å². The van der Waals surface area contributed by atoms with Gasteiger partial charge in [0.05, 0.1) is 11.0 Å². The van der Waals surface area contributed by atoms with E-state index in [1.54, 1.807) is 0 Å². The van der Waals surface area contributed by atoms with E-state index in [0.29, 0.717) is 21.9 Å². The molecule has 0 saturated carbocycles. The number of fused-ring (bicyclic) bond motifs is 2. The molecule has 0 fully saturated rings. The predicted molar refractivity (Wildman–Crippen MR) is 207 cm³/mol. The lowest BCUT2D eigenvalue weighted by molar-refractivity contribution is 1.62. The Morgan fingerprint density at radius 2 is 0.625 bits per heavy atom. The maximum absolute atomic E-state index is 9.33. The van der Waals surface area contributed by atoms with E-state index < -0.39 is 0 Å². The molecule has 0 radical (unpaired) electrons. The Hall–Kier alpha value is -6.24. The van der Waals surface area contributed by atoms with E-state index in [2.05, 4.69) is 60.7 Å². The molecule has 0 bridgehead atoms. The summed E-state index contributed by atoms with van der Waals surface area (Å²) in [6.45, 7) is 0. The molecule has 0 nitrogen and oxygen atoms in total. The van der Waals surface area contributed by atoms with E-state index >= 15 is 0 Å². The molecule has 0 heterocycles. The molecule has 0 aliphatic heterocycles. The first-order chi connectivity index (χ1) is 27.1. The van der Waals surface area contributed by atoms with Crippen LogP contribution < -0.4 is 0 Å². The Labute approximate surface area is 290 Å². The molecule has 0 aromatic heterocycles. The number of rotatable bonds is 4. The minimum absolute atomic E-state index is 0.0345. The molecule has 10 aromatic rings. The van der Waals surface area contributed by atoms with Crippen molar-refractivity contribution in [1.29, 1.82) is 0 Å². The van der Waals surface area contributed by atoms with E-state index in [-0.39, 0.29) is 81.0 Å². The van der Waals surface area contributed by atoms with Crippen LogP contribution in [0.3, 0.4) is 0 Å². The molecule has 10 rings (SSSR count). The highest BCUT2D eigenvalue weighted by molar-refractivity contribution is 6.27. The van der Waals surface area contributed by atoms with E-state index in [1.807, 2.05) is 72.8 Å². The van der Waals surface area contributed by atoms with Gasteiger partial charge in [0.15, 0.2) is 0 Å². The van der Waals surface area contributed by atoms with Crippen molar-refractivity contribution in [2.75, 3.05) is 0 Å². The van der Waals surface area contributed by atoms with Crippen LogP contribution in [0.1, 0.15) is 11.0 Å². The highest BCUT2D eigenvalue weighted by atomic mass is 14.2.